The van der Waals surface area contributed by atoms with Crippen LogP contribution in [0.3, 0.4) is 0 Å². The first-order valence-electron chi connectivity index (χ1n) is 9.09. The van der Waals surface area contributed by atoms with E-state index in [0.29, 0.717) is 28.7 Å². The number of carbonyl (C=O) groups excluding carboxylic acids is 1. The van der Waals surface area contributed by atoms with Gasteiger partial charge < -0.3 is 5.11 Å². The van der Waals surface area contributed by atoms with Crippen molar-refractivity contribution in [2.45, 2.75) is 64.4 Å². The first kappa shape index (κ1) is 14.0. The van der Waals surface area contributed by atoms with Gasteiger partial charge in [0.05, 0.1) is 11.1 Å². The highest BCUT2D eigenvalue weighted by Crippen LogP contribution is 2.81. The molecule has 0 unspecified atom stereocenters. The summed E-state index contributed by atoms with van der Waals surface area (Å²) in [5, 5.41) is 11.2. The van der Waals surface area contributed by atoms with E-state index in [0.717, 1.165) is 31.1 Å². The van der Waals surface area contributed by atoms with Crippen LogP contribution in [0.15, 0.2) is 10.6 Å². The zero-order valence-electron chi connectivity index (χ0n) is 13.3. The van der Waals surface area contributed by atoms with Crippen molar-refractivity contribution in [1.82, 2.24) is 0 Å². The van der Waals surface area contributed by atoms with E-state index in [9.17, 15) is 9.90 Å². The van der Waals surface area contributed by atoms with Gasteiger partial charge in [-0.1, -0.05) is 18.5 Å². The summed E-state index contributed by atoms with van der Waals surface area (Å²) in [4.78, 5) is 11.9. The molecule has 1 N–H and O–H groups in total. The summed E-state index contributed by atoms with van der Waals surface area (Å²) in [6.45, 7) is 2.36. The van der Waals surface area contributed by atoms with Gasteiger partial charge in [0, 0.05) is 6.42 Å². The number of allylic oxidation sites excluding steroid dienone is 1. The quantitative estimate of drug-likeness (QED) is 0.731. The first-order chi connectivity index (χ1) is 10.5. The van der Waals surface area contributed by atoms with Crippen molar-refractivity contribution in [3.05, 3.63) is 10.6 Å². The predicted octanol–water partition coefficient (Wildman–Crippen LogP) is 4.06. The van der Waals surface area contributed by atoms with Gasteiger partial charge in [0.1, 0.15) is 0 Å². The van der Waals surface area contributed by atoms with Gasteiger partial charge in [0.2, 0.25) is 0 Å². The van der Waals surface area contributed by atoms with E-state index in [1.165, 1.54) is 31.3 Å². The van der Waals surface area contributed by atoms with Crippen molar-refractivity contribution in [3.63, 3.8) is 0 Å². The normalized spacial score (nSPS) is 56.1. The number of fused-ring (bicyclic) bond motifs is 3. The summed E-state index contributed by atoms with van der Waals surface area (Å²) < 4.78 is 0. The lowest BCUT2D eigenvalue weighted by atomic mass is 9.49. The topological polar surface area (TPSA) is 37.3 Å². The second-order valence-electron chi connectivity index (χ2n) is 8.87. The molecule has 5 rings (SSSR count). The molecule has 120 valence electrons. The third kappa shape index (κ3) is 1.41. The van der Waals surface area contributed by atoms with Gasteiger partial charge in [-0.2, -0.15) is 0 Å². The Labute approximate surface area is 137 Å². The third-order valence-corrected chi connectivity index (χ3v) is 8.99. The standard InChI is InChI=1S/C19H25ClO2/c1-18-7-6-12-11-3-5-15(21)17(20)13(11)2-4-14(12)19(18)9-10(19)8-16(18)22/h10-12,14,16,22H,2-9H2,1H3/t10-,11+,12+,14+,16-,18+,19+/m0/s1. The van der Waals surface area contributed by atoms with Crippen molar-refractivity contribution >= 4 is 17.4 Å². The maximum atomic E-state index is 11.9. The van der Waals surface area contributed by atoms with Crippen molar-refractivity contribution in [1.29, 1.82) is 0 Å². The average Bonchev–Trinajstić information content (AvgIpc) is 3.16. The smallest absolute Gasteiger partial charge is 0.174 e. The lowest BCUT2D eigenvalue weighted by molar-refractivity contribution is -0.117. The molecule has 5 aliphatic carbocycles. The van der Waals surface area contributed by atoms with E-state index in [2.05, 4.69) is 6.92 Å². The molecule has 0 aromatic carbocycles. The van der Waals surface area contributed by atoms with Gasteiger partial charge in [-0.3, -0.25) is 4.79 Å². The average molecular weight is 321 g/mol. The van der Waals surface area contributed by atoms with Gasteiger partial charge in [-0.25, -0.2) is 0 Å². The summed E-state index contributed by atoms with van der Waals surface area (Å²) in [6.07, 6.45) is 8.57. The van der Waals surface area contributed by atoms with Crippen molar-refractivity contribution in [3.8, 4) is 0 Å². The van der Waals surface area contributed by atoms with E-state index in [1.54, 1.807) is 0 Å². The largest absolute Gasteiger partial charge is 0.393 e. The molecule has 22 heavy (non-hydrogen) atoms. The number of rotatable bonds is 0. The maximum absolute atomic E-state index is 11.9. The number of ketones is 1. The van der Waals surface area contributed by atoms with Crippen molar-refractivity contribution < 1.29 is 9.90 Å². The van der Waals surface area contributed by atoms with Crippen molar-refractivity contribution in [2.24, 2.45) is 34.5 Å². The highest BCUT2D eigenvalue weighted by molar-refractivity contribution is 6.43. The lowest BCUT2D eigenvalue weighted by Crippen LogP contribution is -2.50. The number of halogens is 1. The lowest BCUT2D eigenvalue weighted by Gasteiger charge is -2.55. The number of aliphatic hydroxyl groups is 1. The number of hydrogen-bond donors (Lipinski definition) is 1. The third-order valence-electron chi connectivity index (χ3n) is 8.53. The summed E-state index contributed by atoms with van der Waals surface area (Å²) in [7, 11) is 0. The molecular formula is C19H25ClO2. The monoisotopic (exact) mass is 320 g/mol. The molecule has 0 radical (unpaired) electrons. The van der Waals surface area contributed by atoms with Crippen LogP contribution >= 0.6 is 11.6 Å². The van der Waals surface area contributed by atoms with Gasteiger partial charge in [-0.05, 0) is 85.0 Å². The second kappa shape index (κ2) is 4.19. The van der Waals surface area contributed by atoms with Crippen LogP contribution in [-0.2, 0) is 4.79 Å². The molecule has 1 spiro atoms. The molecule has 7 atom stereocenters. The molecule has 4 fully saturated rings. The molecule has 0 heterocycles. The molecule has 0 aliphatic heterocycles. The van der Waals surface area contributed by atoms with E-state index in [4.69, 9.17) is 11.6 Å². The van der Waals surface area contributed by atoms with Gasteiger partial charge in [-0.15, -0.1) is 0 Å². The van der Waals surface area contributed by atoms with Crippen molar-refractivity contribution in [2.75, 3.05) is 0 Å². The first-order valence-corrected chi connectivity index (χ1v) is 9.46. The molecule has 0 aromatic heterocycles. The Bertz CT molecular complexity index is 596. The Kier molecular flexibility index (Phi) is 2.67. The van der Waals surface area contributed by atoms with Crippen LogP contribution in [-0.4, -0.2) is 17.0 Å². The van der Waals surface area contributed by atoms with E-state index in [-0.39, 0.29) is 17.3 Å². The molecule has 0 amide bonds. The minimum absolute atomic E-state index is 0.0827. The summed E-state index contributed by atoms with van der Waals surface area (Å²) >= 11 is 6.37. The molecule has 0 aromatic rings. The predicted molar refractivity (Wildman–Crippen MR) is 85.3 cm³/mol. The number of aliphatic hydroxyl groups excluding tert-OH is 1. The SMILES string of the molecule is C[C@]12CC[C@H]3[C@@H](CCC4=C(Cl)C(=O)CC[C@@H]43)[C@]13C[C@@H]3C[C@@H]2O. The number of Topliss-reactive ketones (excluding diaryl/α,β-unsaturated/α-hetero) is 1. The number of carbonyl (C=O) groups is 1. The van der Waals surface area contributed by atoms with Gasteiger partial charge >= 0.3 is 0 Å². The van der Waals surface area contributed by atoms with Gasteiger partial charge in [0.25, 0.3) is 0 Å². The Morgan fingerprint density at radius 2 is 2.05 bits per heavy atom. The highest BCUT2D eigenvalue weighted by Gasteiger charge is 2.76. The van der Waals surface area contributed by atoms with Crippen LogP contribution in [0.4, 0.5) is 0 Å². The Morgan fingerprint density at radius 1 is 1.23 bits per heavy atom. The van der Waals surface area contributed by atoms with Crippen LogP contribution in [0, 0.1) is 34.5 Å². The van der Waals surface area contributed by atoms with Crippen LogP contribution in [0.25, 0.3) is 0 Å². The molecule has 0 saturated heterocycles. The van der Waals surface area contributed by atoms with E-state index >= 15 is 0 Å². The Hall–Kier alpha value is -0.340. The highest BCUT2D eigenvalue weighted by atomic mass is 35.5. The minimum Gasteiger partial charge on any atom is -0.393 e. The Morgan fingerprint density at radius 3 is 2.86 bits per heavy atom. The summed E-state index contributed by atoms with van der Waals surface area (Å²) in [5.74, 6) is 2.98. The second-order valence-corrected chi connectivity index (χ2v) is 9.24. The molecule has 5 aliphatic rings. The molecule has 4 saturated carbocycles. The Balaban J connectivity index is 1.54. The maximum Gasteiger partial charge on any atom is 0.174 e. The van der Waals surface area contributed by atoms with Gasteiger partial charge in [0.15, 0.2) is 5.78 Å². The van der Waals surface area contributed by atoms with E-state index < -0.39 is 0 Å². The molecule has 0 bridgehead atoms. The number of hydrogen-bond acceptors (Lipinski definition) is 2. The molecule has 2 nitrogen and oxygen atoms in total. The fraction of sp³-hybridized carbons (Fsp3) is 0.842. The summed E-state index contributed by atoms with van der Waals surface area (Å²) in [6, 6.07) is 0. The minimum atomic E-state index is -0.0827. The zero-order valence-corrected chi connectivity index (χ0v) is 14.0. The molecule has 3 heteroatoms. The van der Waals surface area contributed by atoms with Crippen LogP contribution in [0.1, 0.15) is 58.3 Å². The van der Waals surface area contributed by atoms with Crippen LogP contribution in [0.2, 0.25) is 0 Å². The summed E-state index contributed by atoms with van der Waals surface area (Å²) in [5.41, 5.74) is 1.87. The van der Waals surface area contributed by atoms with E-state index in [1.807, 2.05) is 0 Å². The fourth-order valence-electron chi connectivity index (χ4n) is 7.45. The van der Waals surface area contributed by atoms with Crippen LogP contribution < -0.4 is 0 Å². The molecular weight excluding hydrogens is 296 g/mol. The zero-order chi connectivity index (χ0) is 15.3. The fourth-order valence-corrected chi connectivity index (χ4v) is 7.78. The van der Waals surface area contributed by atoms with Crippen LogP contribution in [0.5, 0.6) is 0 Å².